The summed E-state index contributed by atoms with van der Waals surface area (Å²) in [4.78, 5) is 12.5. The molecule has 4 fully saturated rings. The highest BCUT2D eigenvalue weighted by atomic mass is 16.5. The van der Waals surface area contributed by atoms with Crippen LogP contribution < -0.4 is 0 Å². The molecule has 9 atom stereocenters. The lowest BCUT2D eigenvalue weighted by atomic mass is 9.42. The minimum Gasteiger partial charge on any atom is -0.385 e. The molecular formula is C24H40O4. The van der Waals surface area contributed by atoms with Crippen molar-refractivity contribution in [1.29, 1.82) is 0 Å². The van der Waals surface area contributed by atoms with Gasteiger partial charge in [0.1, 0.15) is 6.10 Å². The summed E-state index contributed by atoms with van der Waals surface area (Å²) in [6.07, 6.45) is 8.35. The van der Waals surface area contributed by atoms with Gasteiger partial charge in [0.2, 0.25) is 11.6 Å². The second-order valence-corrected chi connectivity index (χ2v) is 11.2. The van der Waals surface area contributed by atoms with Crippen LogP contribution in [-0.4, -0.2) is 33.0 Å². The second kappa shape index (κ2) is 6.78. The number of carbonyl (C=O) groups excluding carboxylic acids is 1. The van der Waals surface area contributed by atoms with E-state index in [0.717, 1.165) is 37.5 Å². The van der Waals surface area contributed by atoms with Crippen LogP contribution in [0, 0.1) is 46.3 Å². The first-order valence-electron chi connectivity index (χ1n) is 11.8. The minimum absolute atomic E-state index is 0.0111. The van der Waals surface area contributed by atoms with Crippen molar-refractivity contribution in [1.82, 2.24) is 0 Å². The molecule has 0 spiro atoms. The average Bonchev–Trinajstić information content (AvgIpc) is 2.99. The van der Waals surface area contributed by atoms with E-state index in [0.29, 0.717) is 23.7 Å². The summed E-state index contributed by atoms with van der Waals surface area (Å²) in [6, 6.07) is 0. The van der Waals surface area contributed by atoms with Gasteiger partial charge in [0, 0.05) is 5.41 Å². The number of ketones is 1. The van der Waals surface area contributed by atoms with Crippen molar-refractivity contribution in [3.63, 3.8) is 0 Å². The highest BCUT2D eigenvalue weighted by molar-refractivity contribution is 5.91. The SMILES string of the molecule is CCC[C@@H](C)[C@H]1CC[C@H]2[C@@H]3CCC4CC(O)C(=O)C(O)(O)[C@]4(C)[C@H]3CC[C@]12C. The van der Waals surface area contributed by atoms with Crippen LogP contribution in [0.15, 0.2) is 0 Å². The van der Waals surface area contributed by atoms with Gasteiger partial charge in [-0.15, -0.1) is 0 Å². The third-order valence-corrected chi connectivity index (χ3v) is 10.3. The van der Waals surface area contributed by atoms with Crippen molar-refractivity contribution in [3.05, 3.63) is 0 Å². The van der Waals surface area contributed by atoms with Crippen molar-refractivity contribution in [2.24, 2.45) is 46.3 Å². The second-order valence-electron chi connectivity index (χ2n) is 11.2. The normalized spacial score (nSPS) is 51.2. The smallest absolute Gasteiger partial charge is 0.232 e. The lowest BCUT2D eigenvalue weighted by molar-refractivity contribution is -0.296. The Bertz CT molecular complexity index is 630. The largest absolute Gasteiger partial charge is 0.385 e. The summed E-state index contributed by atoms with van der Waals surface area (Å²) in [5.74, 6) is -0.378. The van der Waals surface area contributed by atoms with Crippen LogP contribution in [0.1, 0.15) is 85.5 Å². The number of hydrogen-bond donors (Lipinski definition) is 3. The molecule has 0 heterocycles. The third kappa shape index (κ3) is 2.56. The van der Waals surface area contributed by atoms with Gasteiger partial charge in [-0.1, -0.05) is 40.5 Å². The molecule has 4 rings (SSSR count). The van der Waals surface area contributed by atoms with Crippen LogP contribution in [0.2, 0.25) is 0 Å². The molecule has 3 N–H and O–H groups in total. The third-order valence-electron chi connectivity index (χ3n) is 10.3. The highest BCUT2D eigenvalue weighted by Gasteiger charge is 2.69. The van der Waals surface area contributed by atoms with Gasteiger partial charge in [0.15, 0.2) is 0 Å². The molecular weight excluding hydrogens is 352 g/mol. The first-order chi connectivity index (χ1) is 13.1. The predicted octanol–water partition coefficient (Wildman–Crippen LogP) is 3.91. The van der Waals surface area contributed by atoms with E-state index < -0.39 is 23.1 Å². The van der Waals surface area contributed by atoms with Crippen molar-refractivity contribution in [3.8, 4) is 0 Å². The van der Waals surface area contributed by atoms with Crippen LogP contribution in [0.25, 0.3) is 0 Å². The van der Waals surface area contributed by atoms with E-state index in [1.165, 1.54) is 25.7 Å². The number of Topliss-reactive ketones (excluding diaryl/α,β-unsaturated/α-hetero) is 1. The first kappa shape index (κ1) is 20.8. The van der Waals surface area contributed by atoms with Crippen molar-refractivity contribution in [2.75, 3.05) is 0 Å². The zero-order chi connectivity index (χ0) is 20.5. The topological polar surface area (TPSA) is 77.8 Å². The van der Waals surface area contributed by atoms with Gasteiger partial charge in [-0.2, -0.15) is 0 Å². The molecule has 4 heteroatoms. The molecule has 28 heavy (non-hydrogen) atoms. The summed E-state index contributed by atoms with van der Waals surface area (Å²) in [7, 11) is 0. The molecule has 0 saturated heterocycles. The predicted molar refractivity (Wildman–Crippen MR) is 108 cm³/mol. The lowest BCUT2D eigenvalue weighted by Crippen LogP contribution is -2.69. The van der Waals surface area contributed by atoms with E-state index in [2.05, 4.69) is 20.8 Å². The molecule has 4 aliphatic rings. The Kier molecular flexibility index (Phi) is 5.04. The standard InChI is InChI=1S/C24H40O4/c1-5-6-14(2)17-9-10-18-16-8-7-15-13-20(25)21(26)24(27,28)23(15,4)19(16)11-12-22(17,18)3/h14-20,25,27-28H,5-13H2,1-4H3/t14-,15?,16+,17-,18+,19+,20?,22-,23+/m1/s1. The maximum Gasteiger partial charge on any atom is 0.232 e. The van der Waals surface area contributed by atoms with E-state index in [1.807, 2.05) is 6.92 Å². The Labute approximate surface area is 170 Å². The lowest BCUT2D eigenvalue weighted by Gasteiger charge is -2.63. The van der Waals surface area contributed by atoms with Crippen LogP contribution in [-0.2, 0) is 4.79 Å². The Morgan fingerprint density at radius 2 is 1.79 bits per heavy atom. The number of carbonyl (C=O) groups is 1. The summed E-state index contributed by atoms with van der Waals surface area (Å²) in [5.41, 5.74) is -0.481. The molecule has 0 aromatic rings. The zero-order valence-electron chi connectivity index (χ0n) is 18.2. The van der Waals surface area contributed by atoms with Crippen LogP contribution in [0.5, 0.6) is 0 Å². The fourth-order valence-electron chi connectivity index (χ4n) is 8.84. The monoisotopic (exact) mass is 392 g/mol. The van der Waals surface area contributed by atoms with E-state index in [1.54, 1.807) is 0 Å². The Hall–Kier alpha value is -0.450. The Morgan fingerprint density at radius 3 is 2.46 bits per heavy atom. The Morgan fingerprint density at radius 1 is 1.07 bits per heavy atom. The van der Waals surface area contributed by atoms with Crippen molar-refractivity contribution >= 4 is 5.78 Å². The molecule has 4 saturated carbocycles. The van der Waals surface area contributed by atoms with E-state index in [4.69, 9.17) is 0 Å². The van der Waals surface area contributed by atoms with Gasteiger partial charge in [0.25, 0.3) is 0 Å². The number of hydrogen-bond acceptors (Lipinski definition) is 4. The highest BCUT2D eigenvalue weighted by Crippen LogP contribution is 2.69. The molecule has 0 amide bonds. The zero-order valence-corrected chi connectivity index (χ0v) is 18.2. The van der Waals surface area contributed by atoms with Gasteiger partial charge in [-0.05, 0) is 85.9 Å². The van der Waals surface area contributed by atoms with E-state index in [-0.39, 0.29) is 11.8 Å². The fourth-order valence-corrected chi connectivity index (χ4v) is 8.84. The molecule has 0 radical (unpaired) electrons. The molecule has 0 aromatic heterocycles. The van der Waals surface area contributed by atoms with Gasteiger partial charge in [0.05, 0.1) is 0 Å². The Balaban J connectivity index is 1.65. The van der Waals surface area contributed by atoms with Crippen LogP contribution in [0.4, 0.5) is 0 Å². The number of aliphatic hydroxyl groups is 3. The summed E-state index contributed by atoms with van der Waals surface area (Å²) < 4.78 is 0. The number of fused-ring (bicyclic) bond motifs is 5. The minimum atomic E-state index is -2.40. The molecule has 4 aliphatic carbocycles. The van der Waals surface area contributed by atoms with Crippen molar-refractivity contribution < 1.29 is 20.1 Å². The van der Waals surface area contributed by atoms with Crippen LogP contribution >= 0.6 is 0 Å². The van der Waals surface area contributed by atoms with E-state index in [9.17, 15) is 20.1 Å². The summed E-state index contributed by atoms with van der Waals surface area (Å²) >= 11 is 0. The summed E-state index contributed by atoms with van der Waals surface area (Å²) in [5, 5.41) is 32.1. The first-order valence-corrected chi connectivity index (χ1v) is 11.8. The number of aliphatic hydroxyl groups excluding tert-OH is 1. The average molecular weight is 393 g/mol. The van der Waals surface area contributed by atoms with E-state index >= 15 is 0 Å². The van der Waals surface area contributed by atoms with Gasteiger partial charge in [-0.25, -0.2) is 0 Å². The van der Waals surface area contributed by atoms with Gasteiger partial charge >= 0.3 is 0 Å². The molecule has 0 aromatic carbocycles. The maximum atomic E-state index is 12.5. The van der Waals surface area contributed by atoms with Crippen molar-refractivity contribution in [2.45, 2.75) is 97.4 Å². The molecule has 0 bridgehead atoms. The molecule has 2 unspecified atom stereocenters. The summed E-state index contributed by atoms with van der Waals surface area (Å²) in [6.45, 7) is 9.15. The maximum absolute atomic E-state index is 12.5. The number of rotatable bonds is 3. The molecule has 160 valence electrons. The van der Waals surface area contributed by atoms with Gasteiger partial charge in [-0.3, -0.25) is 4.79 Å². The quantitative estimate of drug-likeness (QED) is 0.636. The molecule has 0 aliphatic heterocycles. The van der Waals surface area contributed by atoms with Crippen LogP contribution in [0.3, 0.4) is 0 Å². The fraction of sp³-hybridized carbons (Fsp3) is 0.958. The van der Waals surface area contributed by atoms with Gasteiger partial charge < -0.3 is 15.3 Å². The molecule has 4 nitrogen and oxygen atoms in total.